The molecule has 0 spiro atoms. The number of carbonyl (C=O) groups excluding carboxylic acids is 1. The van der Waals surface area contributed by atoms with Crippen LogP contribution in [0.1, 0.15) is 43.8 Å². The van der Waals surface area contributed by atoms with Gasteiger partial charge in [-0.3, -0.25) is 14.0 Å². The van der Waals surface area contributed by atoms with Crippen molar-refractivity contribution in [3.8, 4) is 11.4 Å². The molecule has 0 aliphatic heterocycles. The number of ether oxygens (including phenoxy) is 2. The minimum atomic E-state index is -3.98. The Morgan fingerprint density at radius 1 is 1.02 bits per heavy atom. The van der Waals surface area contributed by atoms with E-state index in [1.807, 2.05) is 0 Å². The van der Waals surface area contributed by atoms with Crippen molar-refractivity contribution < 1.29 is 31.5 Å². The van der Waals surface area contributed by atoms with Gasteiger partial charge in [-0.05, 0) is 96.4 Å². The molecule has 1 amide bonds. The van der Waals surface area contributed by atoms with Crippen LogP contribution >= 0.6 is 27.5 Å². The van der Waals surface area contributed by atoms with Gasteiger partial charge in [0.25, 0.3) is 5.56 Å². The number of aryl methyl sites for hydroxylation is 1. The van der Waals surface area contributed by atoms with Crippen molar-refractivity contribution >= 4 is 71.3 Å². The van der Waals surface area contributed by atoms with Crippen molar-refractivity contribution in [1.82, 2.24) is 24.6 Å². The van der Waals surface area contributed by atoms with Crippen LogP contribution in [-0.4, -0.2) is 52.8 Å². The first kappa shape index (κ1) is 39.6. The molecule has 0 aliphatic rings. The van der Waals surface area contributed by atoms with E-state index < -0.39 is 45.0 Å². The molecule has 0 unspecified atom stereocenters. The average molecular weight is 858 g/mol. The third-order valence-corrected chi connectivity index (χ3v) is 10.6. The molecule has 2 aromatic heterocycles. The van der Waals surface area contributed by atoms with E-state index in [1.54, 1.807) is 76.3 Å². The average Bonchev–Trinajstić information content (AvgIpc) is 3.43. The summed E-state index contributed by atoms with van der Waals surface area (Å²) >= 11 is 10.3. The third-order valence-electron chi connectivity index (χ3n) is 8.50. The van der Waals surface area contributed by atoms with E-state index in [1.165, 1.54) is 22.4 Å². The van der Waals surface area contributed by atoms with Crippen LogP contribution in [0.5, 0.6) is 5.75 Å². The smallest absolute Gasteiger partial charge is 0.408 e. The van der Waals surface area contributed by atoms with Crippen molar-refractivity contribution in [1.29, 1.82) is 0 Å². The number of fused-ring (bicyclic) bond motifs is 2. The summed E-state index contributed by atoms with van der Waals surface area (Å²) in [7, 11) is -0.888. The number of carbonyl (C=O) groups is 1. The van der Waals surface area contributed by atoms with E-state index in [-0.39, 0.29) is 62.7 Å². The number of nitrogens with one attached hydrogen (secondary N) is 1. The molecule has 6 aromatic rings. The van der Waals surface area contributed by atoms with Gasteiger partial charge >= 0.3 is 6.09 Å². The normalized spacial score (nSPS) is 12.5. The number of nitrogens with zero attached hydrogens (tertiary/aromatic N) is 5. The molecule has 1 N–H and O–H groups in total. The molecule has 0 saturated heterocycles. The molecule has 1 atom stereocenters. The number of alkyl carbamates (subject to hydrolysis) is 1. The number of rotatable bonds is 10. The standard InChI is InChI=1S/C38H36BrClF2N6O6S/c1-38(2,3)54-37(50)44-29(18-22-16-23(41)19-24(42)17-22)34-43-28-9-7-8-26(39)31(28)36(49)48(34)30-15-14-27(40)32-33(30)46(4)45-35(32)47(55(6,51)52)20-21-10-12-25(53-5)13-11-21/h7-17,19,29H,18,20H2,1-6H3,(H,44,50)/t29-/m0/s1. The van der Waals surface area contributed by atoms with Gasteiger partial charge in [-0.15, -0.1) is 0 Å². The molecular formula is C38H36BrClF2N6O6S. The zero-order valence-electron chi connectivity index (χ0n) is 30.5. The second-order valence-corrected chi connectivity index (χ2v) is 16.9. The number of aromatic nitrogens is 4. The highest BCUT2D eigenvalue weighted by atomic mass is 79.9. The second-order valence-electron chi connectivity index (χ2n) is 13.8. The van der Waals surface area contributed by atoms with E-state index in [0.29, 0.717) is 15.8 Å². The number of anilines is 1. The summed E-state index contributed by atoms with van der Waals surface area (Å²) < 4.78 is 70.8. The molecule has 0 bridgehead atoms. The first-order chi connectivity index (χ1) is 25.8. The Bertz CT molecular complexity index is 2610. The lowest BCUT2D eigenvalue weighted by Gasteiger charge is -2.26. The third kappa shape index (κ3) is 8.45. The van der Waals surface area contributed by atoms with Crippen molar-refractivity contribution in [2.24, 2.45) is 7.05 Å². The van der Waals surface area contributed by atoms with Crippen LogP contribution in [0, 0.1) is 11.6 Å². The van der Waals surface area contributed by atoms with Crippen LogP contribution in [0.2, 0.25) is 5.02 Å². The zero-order chi connectivity index (χ0) is 40.0. The Balaban J connectivity index is 1.63. The topological polar surface area (TPSA) is 138 Å². The van der Waals surface area contributed by atoms with Crippen molar-refractivity contribution in [3.63, 3.8) is 0 Å². The minimum Gasteiger partial charge on any atom is -0.497 e. The number of halogens is 4. The number of hydrogen-bond donors (Lipinski definition) is 1. The highest BCUT2D eigenvalue weighted by Gasteiger charge is 2.31. The fourth-order valence-corrected chi connectivity index (χ4v) is 7.82. The Labute approximate surface area is 328 Å². The predicted molar refractivity (Wildman–Crippen MR) is 211 cm³/mol. The monoisotopic (exact) mass is 856 g/mol. The van der Waals surface area contributed by atoms with Gasteiger partial charge in [0.2, 0.25) is 10.0 Å². The SMILES string of the molecule is COc1ccc(CN(c2nn(C)c3c(-n4c([C@H](Cc5cc(F)cc(F)c5)NC(=O)OC(C)(C)C)nc5cccc(Br)c5c4=O)ccc(Cl)c23)S(C)(=O)=O)cc1. The van der Waals surface area contributed by atoms with Crippen molar-refractivity contribution in [2.75, 3.05) is 17.7 Å². The number of methoxy groups -OCH3 is 1. The summed E-state index contributed by atoms with van der Waals surface area (Å²) in [4.78, 5) is 33.1. The summed E-state index contributed by atoms with van der Waals surface area (Å²) in [6, 6.07) is 16.6. The number of amides is 1. The number of sulfonamides is 1. The van der Waals surface area contributed by atoms with Crippen LogP contribution in [-0.2, 0) is 34.8 Å². The Morgan fingerprint density at radius 3 is 2.31 bits per heavy atom. The fourth-order valence-electron chi connectivity index (χ4n) is 6.23. The van der Waals surface area contributed by atoms with Gasteiger partial charge in [-0.1, -0.05) is 29.8 Å². The molecular weight excluding hydrogens is 822 g/mol. The lowest BCUT2D eigenvalue weighted by Crippen LogP contribution is -2.39. The van der Waals surface area contributed by atoms with Crippen LogP contribution in [0.25, 0.3) is 27.5 Å². The lowest BCUT2D eigenvalue weighted by atomic mass is 10.0. The first-order valence-corrected chi connectivity index (χ1v) is 19.8. The minimum absolute atomic E-state index is 0.00846. The van der Waals surface area contributed by atoms with Gasteiger partial charge in [0, 0.05) is 24.0 Å². The Kier molecular flexibility index (Phi) is 11.0. The van der Waals surface area contributed by atoms with Crippen molar-refractivity contribution in [3.05, 3.63) is 121 Å². The van der Waals surface area contributed by atoms with E-state index in [4.69, 9.17) is 26.1 Å². The summed E-state index contributed by atoms with van der Waals surface area (Å²) in [6.45, 7) is 4.90. The molecule has 4 aromatic carbocycles. The maximum atomic E-state index is 14.8. The van der Waals surface area contributed by atoms with Crippen molar-refractivity contribution in [2.45, 2.75) is 45.4 Å². The second kappa shape index (κ2) is 15.2. The Hall–Kier alpha value is -5.06. The van der Waals surface area contributed by atoms with Crippen LogP contribution in [0.3, 0.4) is 0 Å². The van der Waals surface area contributed by atoms with E-state index in [0.717, 1.165) is 28.8 Å². The van der Waals surface area contributed by atoms with Gasteiger partial charge in [0.05, 0.1) is 58.5 Å². The van der Waals surface area contributed by atoms with Crippen LogP contribution in [0.15, 0.2) is 82.1 Å². The fraction of sp³-hybridized carbons (Fsp3) is 0.263. The van der Waals surface area contributed by atoms with Crippen LogP contribution < -0.4 is 19.9 Å². The van der Waals surface area contributed by atoms with Gasteiger partial charge in [-0.25, -0.2) is 31.3 Å². The van der Waals surface area contributed by atoms with Gasteiger partial charge in [0.1, 0.15) is 28.8 Å². The molecule has 0 fully saturated rings. The maximum Gasteiger partial charge on any atom is 0.408 e. The Morgan fingerprint density at radius 2 is 1.69 bits per heavy atom. The molecule has 288 valence electrons. The summed E-state index contributed by atoms with van der Waals surface area (Å²) in [5, 5.41) is 7.91. The van der Waals surface area contributed by atoms with E-state index >= 15 is 0 Å². The lowest BCUT2D eigenvalue weighted by molar-refractivity contribution is 0.0500. The highest BCUT2D eigenvalue weighted by Crippen LogP contribution is 2.38. The molecule has 55 heavy (non-hydrogen) atoms. The zero-order valence-corrected chi connectivity index (χ0v) is 33.7. The molecule has 2 heterocycles. The molecule has 6 rings (SSSR count). The number of benzene rings is 4. The quantitative estimate of drug-likeness (QED) is 0.148. The van der Waals surface area contributed by atoms with E-state index in [2.05, 4.69) is 26.3 Å². The summed E-state index contributed by atoms with van der Waals surface area (Å²) in [5.41, 5.74) is -0.0556. The van der Waals surface area contributed by atoms with E-state index in [9.17, 15) is 26.8 Å². The van der Waals surface area contributed by atoms with Gasteiger partial charge < -0.3 is 14.8 Å². The predicted octanol–water partition coefficient (Wildman–Crippen LogP) is 7.75. The van der Waals surface area contributed by atoms with Gasteiger partial charge in [0.15, 0.2) is 5.82 Å². The van der Waals surface area contributed by atoms with Gasteiger partial charge in [-0.2, -0.15) is 5.10 Å². The highest BCUT2D eigenvalue weighted by molar-refractivity contribution is 9.10. The molecule has 0 aliphatic carbocycles. The van der Waals surface area contributed by atoms with Crippen LogP contribution in [0.4, 0.5) is 19.4 Å². The molecule has 0 saturated carbocycles. The molecule has 0 radical (unpaired) electrons. The molecule has 12 nitrogen and oxygen atoms in total. The maximum absolute atomic E-state index is 14.8. The summed E-state index contributed by atoms with van der Waals surface area (Å²) in [5.74, 6) is -1.14. The summed E-state index contributed by atoms with van der Waals surface area (Å²) in [6.07, 6.45) is -0.0580. The number of hydrogen-bond acceptors (Lipinski definition) is 8. The first-order valence-electron chi connectivity index (χ1n) is 16.8. The largest absolute Gasteiger partial charge is 0.497 e. The molecule has 17 heteroatoms.